The van der Waals surface area contributed by atoms with E-state index in [4.69, 9.17) is 4.52 Å². The highest BCUT2D eigenvalue weighted by atomic mass is 35.5. The van der Waals surface area contributed by atoms with Gasteiger partial charge in [0.2, 0.25) is 5.43 Å². The van der Waals surface area contributed by atoms with Crippen LogP contribution in [-0.4, -0.2) is 33.0 Å². The van der Waals surface area contributed by atoms with Gasteiger partial charge in [0.05, 0.1) is 0 Å². The van der Waals surface area contributed by atoms with Crippen LogP contribution in [0.2, 0.25) is 0 Å². The van der Waals surface area contributed by atoms with Gasteiger partial charge in [-0.2, -0.15) is 10.1 Å². The van der Waals surface area contributed by atoms with E-state index in [2.05, 4.69) is 20.6 Å². The zero-order valence-electron chi connectivity index (χ0n) is 14.6. The van der Waals surface area contributed by atoms with Gasteiger partial charge < -0.3 is 9.84 Å². The molecule has 7 nitrogen and oxygen atoms in total. The number of rotatable bonds is 5. The summed E-state index contributed by atoms with van der Waals surface area (Å²) in [5.41, 5.74) is 0.374. The number of hydrogen-bond acceptors (Lipinski definition) is 6. The summed E-state index contributed by atoms with van der Waals surface area (Å²) in [6, 6.07) is 7.72. The molecule has 1 aromatic carbocycles. The van der Waals surface area contributed by atoms with Crippen LogP contribution in [0.1, 0.15) is 18.4 Å². The molecule has 0 radical (unpaired) electrons. The molecule has 0 amide bonds. The van der Waals surface area contributed by atoms with Crippen LogP contribution in [0.25, 0.3) is 17.3 Å². The molecular weight excluding hydrogens is 361 g/mol. The van der Waals surface area contributed by atoms with Crippen LogP contribution < -0.4 is 10.7 Å². The fraction of sp³-hybridized carbons (Fsp3) is 0.294. The molecule has 1 unspecified atom stereocenters. The van der Waals surface area contributed by atoms with Gasteiger partial charge in [-0.1, -0.05) is 17.3 Å². The van der Waals surface area contributed by atoms with Crippen molar-refractivity contribution >= 4 is 12.4 Å². The molecule has 0 aliphatic rings. The van der Waals surface area contributed by atoms with Gasteiger partial charge in [0, 0.05) is 24.2 Å². The minimum Gasteiger partial charge on any atom is -0.332 e. The summed E-state index contributed by atoms with van der Waals surface area (Å²) in [5, 5.41) is 11.2. The van der Waals surface area contributed by atoms with Crippen LogP contribution in [0.5, 0.6) is 0 Å². The highest BCUT2D eigenvalue weighted by molar-refractivity contribution is 5.85. The first-order chi connectivity index (χ1) is 12.0. The molecule has 0 bridgehead atoms. The third kappa shape index (κ3) is 3.97. The van der Waals surface area contributed by atoms with Gasteiger partial charge >= 0.3 is 0 Å². The molecule has 9 heteroatoms. The van der Waals surface area contributed by atoms with E-state index in [1.807, 2.05) is 14.0 Å². The molecule has 0 fully saturated rings. The first-order valence-corrected chi connectivity index (χ1v) is 7.85. The third-order valence-electron chi connectivity index (χ3n) is 3.84. The number of halogens is 2. The van der Waals surface area contributed by atoms with E-state index in [-0.39, 0.29) is 41.1 Å². The van der Waals surface area contributed by atoms with Crippen LogP contribution in [0.3, 0.4) is 0 Å². The molecule has 0 aliphatic carbocycles. The Kier molecular flexibility index (Phi) is 6.23. The Bertz CT molecular complexity index is 956. The van der Waals surface area contributed by atoms with E-state index in [1.165, 1.54) is 16.8 Å². The summed E-state index contributed by atoms with van der Waals surface area (Å²) in [6.07, 6.45) is 0.549. The Morgan fingerprint density at radius 1 is 1.35 bits per heavy atom. The van der Waals surface area contributed by atoms with E-state index in [0.29, 0.717) is 17.9 Å². The first kappa shape index (κ1) is 19.7. The maximum absolute atomic E-state index is 14.1. The quantitative estimate of drug-likeness (QED) is 0.732. The van der Waals surface area contributed by atoms with Crippen molar-refractivity contribution in [2.75, 3.05) is 7.05 Å². The fourth-order valence-electron chi connectivity index (χ4n) is 2.37. The number of nitrogens with one attached hydrogen (secondary N) is 1. The number of likely N-dealkylation sites (N-methyl/N-ethyl adjacent to an activating group) is 1. The van der Waals surface area contributed by atoms with Gasteiger partial charge in [-0.15, -0.1) is 12.4 Å². The minimum atomic E-state index is -0.443. The monoisotopic (exact) mass is 379 g/mol. The Hall–Kier alpha value is -2.58. The second-order valence-electron chi connectivity index (χ2n) is 5.77. The van der Waals surface area contributed by atoms with Crippen molar-refractivity contribution in [3.63, 3.8) is 0 Å². The summed E-state index contributed by atoms with van der Waals surface area (Å²) < 4.78 is 20.6. The lowest BCUT2D eigenvalue weighted by Crippen LogP contribution is -2.24. The van der Waals surface area contributed by atoms with E-state index in [9.17, 15) is 9.18 Å². The van der Waals surface area contributed by atoms with Crippen molar-refractivity contribution in [2.45, 2.75) is 26.3 Å². The summed E-state index contributed by atoms with van der Waals surface area (Å²) >= 11 is 0. The lowest BCUT2D eigenvalue weighted by Gasteiger charge is -2.10. The van der Waals surface area contributed by atoms with Gasteiger partial charge in [-0.25, -0.2) is 9.07 Å². The average Bonchev–Trinajstić information content (AvgIpc) is 3.04. The summed E-state index contributed by atoms with van der Waals surface area (Å²) in [7, 11) is 1.83. The molecule has 26 heavy (non-hydrogen) atoms. The number of aromatic nitrogens is 4. The highest BCUT2D eigenvalue weighted by Crippen LogP contribution is 2.16. The van der Waals surface area contributed by atoms with Crippen molar-refractivity contribution in [3.05, 3.63) is 57.9 Å². The zero-order valence-corrected chi connectivity index (χ0v) is 15.4. The smallest absolute Gasteiger partial charge is 0.282 e. The SMILES string of the molecule is CNC(C)Cc1noc(-c2nn(-c3ccccc3F)c(C)cc2=O)n1.Cl. The average molecular weight is 380 g/mol. The minimum absolute atomic E-state index is 0. The zero-order chi connectivity index (χ0) is 18.0. The number of benzene rings is 1. The van der Waals surface area contributed by atoms with E-state index in [0.717, 1.165) is 0 Å². The van der Waals surface area contributed by atoms with Gasteiger partial charge in [0.1, 0.15) is 11.5 Å². The molecule has 3 aromatic rings. The van der Waals surface area contributed by atoms with Crippen LogP contribution >= 0.6 is 12.4 Å². The number of para-hydroxylation sites is 1. The van der Waals surface area contributed by atoms with Gasteiger partial charge in [-0.3, -0.25) is 4.79 Å². The predicted octanol–water partition coefficient (Wildman–Crippen LogP) is 2.30. The number of nitrogens with zero attached hydrogens (tertiary/aromatic N) is 4. The number of aryl methyl sites for hydroxylation is 1. The Morgan fingerprint density at radius 3 is 2.77 bits per heavy atom. The second kappa shape index (κ2) is 8.20. The molecule has 2 aromatic heterocycles. The fourth-order valence-corrected chi connectivity index (χ4v) is 2.37. The van der Waals surface area contributed by atoms with Crippen molar-refractivity contribution < 1.29 is 8.91 Å². The maximum Gasteiger partial charge on any atom is 0.282 e. The first-order valence-electron chi connectivity index (χ1n) is 7.85. The van der Waals surface area contributed by atoms with E-state index < -0.39 is 5.82 Å². The molecule has 1 atom stereocenters. The normalized spacial score (nSPS) is 11.8. The Balaban J connectivity index is 0.00000243. The second-order valence-corrected chi connectivity index (χ2v) is 5.77. The standard InChI is InChI=1S/C17H18FN5O2.ClH/c1-10(19-3)8-15-20-17(25-22-15)16-14(24)9-11(2)23(21-16)13-7-5-4-6-12(13)18;/h4-7,9-10,19H,8H2,1-3H3;1H. The topological polar surface area (TPSA) is 85.8 Å². The van der Waals surface area contributed by atoms with Crippen molar-refractivity contribution in [1.82, 2.24) is 25.2 Å². The van der Waals surface area contributed by atoms with Gasteiger partial charge in [0.25, 0.3) is 5.89 Å². The third-order valence-corrected chi connectivity index (χ3v) is 3.84. The highest BCUT2D eigenvalue weighted by Gasteiger charge is 2.18. The van der Waals surface area contributed by atoms with Crippen LogP contribution in [0.4, 0.5) is 4.39 Å². The molecule has 0 saturated carbocycles. The van der Waals surface area contributed by atoms with Crippen molar-refractivity contribution in [2.24, 2.45) is 0 Å². The summed E-state index contributed by atoms with van der Waals surface area (Å²) in [4.78, 5) is 16.5. The van der Waals surface area contributed by atoms with E-state index in [1.54, 1.807) is 25.1 Å². The molecule has 2 heterocycles. The Labute approximate surface area is 155 Å². The molecule has 138 valence electrons. The molecule has 0 spiro atoms. The van der Waals surface area contributed by atoms with E-state index >= 15 is 0 Å². The largest absolute Gasteiger partial charge is 0.332 e. The summed E-state index contributed by atoms with van der Waals surface area (Å²) in [6.45, 7) is 3.66. The Morgan fingerprint density at radius 2 is 2.08 bits per heavy atom. The molecule has 3 rings (SSSR count). The summed E-state index contributed by atoms with van der Waals surface area (Å²) in [5.74, 6) is 0.0474. The molecular formula is C17H19ClFN5O2. The number of hydrogen-bond donors (Lipinski definition) is 1. The lowest BCUT2D eigenvalue weighted by atomic mass is 10.2. The van der Waals surface area contributed by atoms with Crippen molar-refractivity contribution in [3.8, 4) is 17.3 Å². The van der Waals surface area contributed by atoms with Gasteiger partial charge in [0.15, 0.2) is 11.5 Å². The van der Waals surface area contributed by atoms with Crippen LogP contribution in [0, 0.1) is 12.7 Å². The lowest BCUT2D eigenvalue weighted by molar-refractivity contribution is 0.416. The van der Waals surface area contributed by atoms with Gasteiger partial charge in [-0.05, 0) is 33.0 Å². The van der Waals surface area contributed by atoms with Crippen molar-refractivity contribution in [1.29, 1.82) is 0 Å². The molecule has 1 N–H and O–H groups in total. The predicted molar refractivity (Wildman–Crippen MR) is 97.3 cm³/mol. The molecule has 0 aliphatic heterocycles. The maximum atomic E-state index is 14.1. The van der Waals surface area contributed by atoms with Crippen LogP contribution in [-0.2, 0) is 6.42 Å². The van der Waals surface area contributed by atoms with Crippen LogP contribution in [0.15, 0.2) is 39.6 Å². The molecule has 0 saturated heterocycles.